The molecule has 2 aliphatic carbocycles. The highest BCUT2D eigenvalue weighted by molar-refractivity contribution is 9.10. The van der Waals surface area contributed by atoms with E-state index in [4.69, 9.17) is 0 Å². The molecular weight excluding hydrogens is 276 g/mol. The summed E-state index contributed by atoms with van der Waals surface area (Å²) in [4.78, 5) is 0. The van der Waals surface area contributed by atoms with Crippen LogP contribution in [-0.4, -0.2) is 5.54 Å². The number of nitrogens with one attached hydrogen (secondary N) is 1. The molecule has 1 aromatic rings. The van der Waals surface area contributed by atoms with Crippen molar-refractivity contribution >= 4 is 21.6 Å². The first kappa shape index (κ1) is 11.1. The number of hydrogen-bond donors (Lipinski definition) is 1. The fourth-order valence-corrected chi connectivity index (χ4v) is 3.83. The summed E-state index contributed by atoms with van der Waals surface area (Å²) in [7, 11) is 0. The monoisotopic (exact) mass is 290 g/mol. The van der Waals surface area contributed by atoms with Crippen LogP contribution >= 0.6 is 15.9 Å². The summed E-state index contributed by atoms with van der Waals surface area (Å²) in [6, 6.07) is 10.6. The summed E-state index contributed by atoms with van der Waals surface area (Å²) < 4.78 is 1.04. The van der Waals surface area contributed by atoms with Crippen LogP contribution < -0.4 is 5.32 Å². The molecule has 0 amide bonds. The van der Waals surface area contributed by atoms with E-state index in [-0.39, 0.29) is 5.54 Å². The smallest absolute Gasteiger partial charge is 0.128 e. The van der Waals surface area contributed by atoms with Gasteiger partial charge in [0, 0.05) is 10.2 Å². The normalized spacial score (nSPS) is 34.6. The molecule has 0 spiro atoms. The number of rotatable bonds is 2. The predicted octanol–water partition coefficient (Wildman–Crippen LogP) is 3.94. The third-order valence-corrected chi connectivity index (χ3v) is 4.97. The van der Waals surface area contributed by atoms with Crippen molar-refractivity contribution in [2.75, 3.05) is 5.32 Å². The topological polar surface area (TPSA) is 35.8 Å². The lowest BCUT2D eigenvalue weighted by Crippen LogP contribution is -2.42. The molecule has 3 atom stereocenters. The molecule has 0 heterocycles. The summed E-state index contributed by atoms with van der Waals surface area (Å²) in [5.41, 5.74) is 0.717. The molecule has 0 radical (unpaired) electrons. The van der Waals surface area contributed by atoms with Crippen molar-refractivity contribution in [3.63, 3.8) is 0 Å². The molecule has 2 fully saturated rings. The van der Waals surface area contributed by atoms with Gasteiger partial charge in [0.2, 0.25) is 0 Å². The molecule has 88 valence electrons. The van der Waals surface area contributed by atoms with Gasteiger partial charge in [-0.05, 0) is 65.6 Å². The van der Waals surface area contributed by atoms with Crippen molar-refractivity contribution in [1.29, 1.82) is 5.26 Å². The van der Waals surface area contributed by atoms with E-state index in [9.17, 15) is 5.26 Å². The Morgan fingerprint density at radius 2 is 2.18 bits per heavy atom. The quantitative estimate of drug-likeness (QED) is 0.895. The molecule has 2 nitrogen and oxygen atoms in total. The fraction of sp³-hybridized carbons (Fsp3) is 0.500. The van der Waals surface area contributed by atoms with E-state index >= 15 is 0 Å². The maximum absolute atomic E-state index is 9.56. The van der Waals surface area contributed by atoms with Crippen LogP contribution in [-0.2, 0) is 0 Å². The Morgan fingerprint density at radius 3 is 2.76 bits per heavy atom. The van der Waals surface area contributed by atoms with Crippen LogP contribution in [0.15, 0.2) is 28.7 Å². The summed E-state index contributed by atoms with van der Waals surface area (Å²) in [5.74, 6) is 1.29. The van der Waals surface area contributed by atoms with E-state index in [1.165, 1.54) is 19.3 Å². The zero-order chi connectivity index (χ0) is 11.9. The minimum Gasteiger partial charge on any atom is -0.366 e. The standard InChI is InChI=1S/C14H15BrN2/c15-12-3-1-2-4-13(12)17-14(9-16)8-10-5-6-11(14)7-10/h1-4,10-11,17H,5-8H2. The van der Waals surface area contributed by atoms with Gasteiger partial charge < -0.3 is 5.32 Å². The average Bonchev–Trinajstić information content (AvgIpc) is 2.93. The zero-order valence-corrected chi connectivity index (χ0v) is 11.2. The van der Waals surface area contributed by atoms with Crippen LogP contribution in [0.3, 0.4) is 0 Å². The predicted molar refractivity (Wildman–Crippen MR) is 71.6 cm³/mol. The van der Waals surface area contributed by atoms with Crippen LogP contribution in [0.25, 0.3) is 0 Å². The number of para-hydroxylation sites is 1. The number of anilines is 1. The van der Waals surface area contributed by atoms with Gasteiger partial charge in [0.15, 0.2) is 0 Å². The van der Waals surface area contributed by atoms with E-state index in [1.807, 2.05) is 24.3 Å². The Hall–Kier alpha value is -1.01. The lowest BCUT2D eigenvalue weighted by atomic mass is 9.82. The first-order chi connectivity index (χ1) is 8.23. The molecule has 0 aromatic heterocycles. The van der Waals surface area contributed by atoms with E-state index in [0.717, 1.165) is 22.5 Å². The summed E-state index contributed by atoms with van der Waals surface area (Å²) in [6.07, 6.45) is 4.75. The molecule has 17 heavy (non-hydrogen) atoms. The van der Waals surface area contributed by atoms with E-state index in [1.54, 1.807) is 0 Å². The van der Waals surface area contributed by atoms with Gasteiger partial charge in [0.05, 0.1) is 6.07 Å². The number of nitriles is 1. The van der Waals surface area contributed by atoms with Gasteiger partial charge in [0.1, 0.15) is 5.54 Å². The number of benzene rings is 1. The highest BCUT2D eigenvalue weighted by Gasteiger charge is 2.51. The van der Waals surface area contributed by atoms with Gasteiger partial charge >= 0.3 is 0 Å². The molecule has 1 N–H and O–H groups in total. The molecule has 0 aliphatic heterocycles. The lowest BCUT2D eigenvalue weighted by molar-refractivity contribution is 0.368. The summed E-state index contributed by atoms with van der Waals surface area (Å²) in [6.45, 7) is 0. The second-order valence-corrected chi connectivity index (χ2v) is 6.12. The largest absolute Gasteiger partial charge is 0.366 e. The molecule has 2 bridgehead atoms. The van der Waals surface area contributed by atoms with Crippen molar-refractivity contribution in [2.45, 2.75) is 31.2 Å². The third-order valence-electron chi connectivity index (χ3n) is 4.28. The first-order valence-corrected chi connectivity index (χ1v) is 6.97. The Labute approximate surface area is 110 Å². The van der Waals surface area contributed by atoms with Crippen molar-refractivity contribution in [3.05, 3.63) is 28.7 Å². The van der Waals surface area contributed by atoms with Gasteiger partial charge in [-0.25, -0.2) is 0 Å². The number of halogens is 1. The minimum absolute atomic E-state index is 0.327. The van der Waals surface area contributed by atoms with Gasteiger partial charge in [0.25, 0.3) is 0 Å². The lowest BCUT2D eigenvalue weighted by Gasteiger charge is -2.33. The molecule has 2 saturated carbocycles. The highest BCUT2D eigenvalue weighted by atomic mass is 79.9. The van der Waals surface area contributed by atoms with Crippen LogP contribution in [0.5, 0.6) is 0 Å². The second-order valence-electron chi connectivity index (χ2n) is 5.27. The number of hydrogen-bond acceptors (Lipinski definition) is 2. The fourth-order valence-electron chi connectivity index (χ4n) is 3.45. The van der Waals surface area contributed by atoms with Crippen LogP contribution in [0.2, 0.25) is 0 Å². The Kier molecular flexibility index (Phi) is 2.63. The summed E-state index contributed by atoms with van der Waals surface area (Å²) in [5, 5.41) is 13.1. The number of fused-ring (bicyclic) bond motifs is 2. The van der Waals surface area contributed by atoms with Gasteiger partial charge in [-0.2, -0.15) is 5.26 Å². The zero-order valence-electron chi connectivity index (χ0n) is 9.62. The molecule has 3 rings (SSSR count). The Balaban J connectivity index is 1.89. The van der Waals surface area contributed by atoms with E-state index in [2.05, 4.69) is 27.3 Å². The molecule has 3 unspecified atom stereocenters. The molecule has 0 saturated heterocycles. The van der Waals surface area contributed by atoms with E-state index in [0.29, 0.717) is 5.92 Å². The molecular formula is C14H15BrN2. The van der Waals surface area contributed by atoms with Gasteiger partial charge in [-0.1, -0.05) is 12.1 Å². The molecule has 1 aromatic carbocycles. The van der Waals surface area contributed by atoms with Crippen LogP contribution in [0, 0.1) is 23.2 Å². The van der Waals surface area contributed by atoms with Gasteiger partial charge in [-0.15, -0.1) is 0 Å². The van der Waals surface area contributed by atoms with Gasteiger partial charge in [-0.3, -0.25) is 0 Å². The molecule has 3 heteroatoms. The maximum atomic E-state index is 9.56. The SMILES string of the molecule is N#CC1(Nc2ccccc2Br)CC2CCC1C2. The first-order valence-electron chi connectivity index (χ1n) is 6.17. The summed E-state index contributed by atoms with van der Waals surface area (Å²) >= 11 is 3.54. The minimum atomic E-state index is -0.327. The Bertz CT molecular complexity index is 479. The number of nitrogens with zero attached hydrogens (tertiary/aromatic N) is 1. The van der Waals surface area contributed by atoms with Crippen molar-refractivity contribution in [1.82, 2.24) is 0 Å². The highest BCUT2D eigenvalue weighted by Crippen LogP contribution is 2.52. The van der Waals surface area contributed by atoms with Crippen molar-refractivity contribution < 1.29 is 0 Å². The second kappa shape index (κ2) is 4.03. The maximum Gasteiger partial charge on any atom is 0.128 e. The van der Waals surface area contributed by atoms with Crippen LogP contribution in [0.4, 0.5) is 5.69 Å². The third kappa shape index (κ3) is 1.75. The van der Waals surface area contributed by atoms with Crippen molar-refractivity contribution in [3.8, 4) is 6.07 Å². The van der Waals surface area contributed by atoms with Crippen LogP contribution in [0.1, 0.15) is 25.7 Å². The van der Waals surface area contributed by atoms with Crippen molar-refractivity contribution in [2.24, 2.45) is 11.8 Å². The van der Waals surface area contributed by atoms with E-state index < -0.39 is 0 Å². The average molecular weight is 291 g/mol. The Morgan fingerprint density at radius 1 is 1.35 bits per heavy atom. The molecule has 2 aliphatic rings.